The second kappa shape index (κ2) is 6.98. The van der Waals surface area contributed by atoms with Crippen LogP contribution in [-0.2, 0) is 13.0 Å². The predicted octanol–water partition coefficient (Wildman–Crippen LogP) is 2.26. The van der Waals surface area contributed by atoms with Crippen LogP contribution < -0.4 is 9.47 Å². The van der Waals surface area contributed by atoms with Crippen molar-refractivity contribution in [1.82, 2.24) is 15.1 Å². The van der Waals surface area contributed by atoms with Crippen LogP contribution in [-0.4, -0.2) is 42.3 Å². The SMILES string of the molecule is CCc1cc(C(=O)N(C)Cc2ccc(OC)cc2OC)n[nH]1. The molecule has 0 spiro atoms. The number of rotatable bonds is 6. The summed E-state index contributed by atoms with van der Waals surface area (Å²) in [6.07, 6.45) is 0.816. The van der Waals surface area contributed by atoms with Gasteiger partial charge in [0.25, 0.3) is 5.91 Å². The van der Waals surface area contributed by atoms with E-state index >= 15 is 0 Å². The van der Waals surface area contributed by atoms with Gasteiger partial charge in [0, 0.05) is 30.9 Å². The average molecular weight is 303 g/mol. The van der Waals surface area contributed by atoms with Crippen molar-refractivity contribution in [3.63, 3.8) is 0 Å². The number of amides is 1. The molecule has 0 radical (unpaired) electrons. The van der Waals surface area contributed by atoms with Crippen molar-refractivity contribution in [2.24, 2.45) is 0 Å². The summed E-state index contributed by atoms with van der Waals surface area (Å²) in [6, 6.07) is 7.32. The lowest BCUT2D eigenvalue weighted by molar-refractivity contribution is 0.0778. The number of methoxy groups -OCH3 is 2. The van der Waals surface area contributed by atoms with Crippen LogP contribution in [0.5, 0.6) is 11.5 Å². The zero-order chi connectivity index (χ0) is 16.1. The molecule has 1 aromatic heterocycles. The number of carbonyl (C=O) groups excluding carboxylic acids is 1. The minimum Gasteiger partial charge on any atom is -0.497 e. The molecule has 2 rings (SSSR count). The lowest BCUT2D eigenvalue weighted by Gasteiger charge is -2.18. The third-order valence-electron chi connectivity index (χ3n) is 3.48. The molecule has 0 aliphatic carbocycles. The highest BCUT2D eigenvalue weighted by Gasteiger charge is 2.17. The van der Waals surface area contributed by atoms with Crippen molar-refractivity contribution in [1.29, 1.82) is 0 Å². The Bertz CT molecular complexity index is 652. The number of aryl methyl sites for hydroxylation is 1. The molecule has 6 heteroatoms. The molecule has 1 N–H and O–H groups in total. The summed E-state index contributed by atoms with van der Waals surface area (Å²) in [4.78, 5) is 14.0. The highest BCUT2D eigenvalue weighted by molar-refractivity contribution is 5.92. The van der Waals surface area contributed by atoms with Crippen LogP contribution in [0.25, 0.3) is 0 Å². The van der Waals surface area contributed by atoms with E-state index in [4.69, 9.17) is 9.47 Å². The van der Waals surface area contributed by atoms with Gasteiger partial charge in [0.05, 0.1) is 14.2 Å². The number of nitrogens with one attached hydrogen (secondary N) is 1. The van der Waals surface area contributed by atoms with Crippen molar-refractivity contribution in [2.75, 3.05) is 21.3 Å². The number of hydrogen-bond acceptors (Lipinski definition) is 4. The van der Waals surface area contributed by atoms with Gasteiger partial charge in [-0.2, -0.15) is 5.10 Å². The van der Waals surface area contributed by atoms with E-state index in [1.165, 1.54) is 0 Å². The van der Waals surface area contributed by atoms with Gasteiger partial charge in [-0.25, -0.2) is 0 Å². The summed E-state index contributed by atoms with van der Waals surface area (Å²) in [5.41, 5.74) is 2.27. The van der Waals surface area contributed by atoms with E-state index in [1.54, 1.807) is 38.3 Å². The fraction of sp³-hybridized carbons (Fsp3) is 0.375. The van der Waals surface area contributed by atoms with Gasteiger partial charge >= 0.3 is 0 Å². The maximum Gasteiger partial charge on any atom is 0.274 e. The largest absolute Gasteiger partial charge is 0.497 e. The zero-order valence-electron chi connectivity index (χ0n) is 13.3. The van der Waals surface area contributed by atoms with Crippen LogP contribution in [0.1, 0.15) is 28.7 Å². The van der Waals surface area contributed by atoms with Gasteiger partial charge in [0.1, 0.15) is 17.2 Å². The summed E-state index contributed by atoms with van der Waals surface area (Å²) in [5, 5.41) is 6.91. The summed E-state index contributed by atoms with van der Waals surface area (Å²) in [5.74, 6) is 1.28. The fourth-order valence-corrected chi connectivity index (χ4v) is 2.16. The van der Waals surface area contributed by atoms with Crippen LogP contribution in [0.15, 0.2) is 24.3 Å². The number of hydrogen-bond donors (Lipinski definition) is 1. The van der Waals surface area contributed by atoms with Gasteiger partial charge in [-0.3, -0.25) is 9.89 Å². The van der Waals surface area contributed by atoms with Crippen molar-refractivity contribution >= 4 is 5.91 Å². The Morgan fingerprint density at radius 1 is 1.27 bits per heavy atom. The van der Waals surface area contributed by atoms with E-state index < -0.39 is 0 Å². The predicted molar refractivity (Wildman–Crippen MR) is 83.3 cm³/mol. The third-order valence-corrected chi connectivity index (χ3v) is 3.48. The maximum atomic E-state index is 12.4. The lowest BCUT2D eigenvalue weighted by atomic mass is 10.1. The van der Waals surface area contributed by atoms with Gasteiger partial charge in [0.2, 0.25) is 0 Å². The molecule has 118 valence electrons. The van der Waals surface area contributed by atoms with Crippen LogP contribution in [0, 0.1) is 0 Å². The molecular weight excluding hydrogens is 282 g/mol. The number of H-pyrrole nitrogens is 1. The minimum absolute atomic E-state index is 0.131. The Kier molecular flexibility index (Phi) is 5.04. The van der Waals surface area contributed by atoms with E-state index in [-0.39, 0.29) is 5.91 Å². The minimum atomic E-state index is -0.131. The van der Waals surface area contributed by atoms with E-state index in [0.717, 1.165) is 23.4 Å². The Morgan fingerprint density at radius 3 is 2.64 bits per heavy atom. The number of ether oxygens (including phenoxy) is 2. The monoisotopic (exact) mass is 303 g/mol. The summed E-state index contributed by atoms with van der Waals surface area (Å²) in [7, 11) is 4.95. The summed E-state index contributed by atoms with van der Waals surface area (Å²) < 4.78 is 10.5. The molecule has 0 aliphatic rings. The molecule has 0 saturated heterocycles. The van der Waals surface area contributed by atoms with Gasteiger partial charge in [-0.15, -0.1) is 0 Å². The lowest BCUT2D eigenvalue weighted by Crippen LogP contribution is -2.26. The topological polar surface area (TPSA) is 67.5 Å². The van der Waals surface area contributed by atoms with Crippen molar-refractivity contribution in [3.05, 3.63) is 41.2 Å². The summed E-state index contributed by atoms with van der Waals surface area (Å²) in [6.45, 7) is 2.44. The number of benzene rings is 1. The van der Waals surface area contributed by atoms with Crippen LogP contribution >= 0.6 is 0 Å². The molecule has 0 atom stereocenters. The molecule has 2 aromatic rings. The number of aromatic amines is 1. The Labute approximate surface area is 130 Å². The van der Waals surface area contributed by atoms with Gasteiger partial charge in [-0.1, -0.05) is 6.92 Å². The van der Waals surface area contributed by atoms with Crippen LogP contribution in [0.3, 0.4) is 0 Å². The first-order chi connectivity index (χ1) is 10.6. The fourth-order valence-electron chi connectivity index (χ4n) is 2.16. The average Bonchev–Trinajstić information content (AvgIpc) is 3.03. The first-order valence-corrected chi connectivity index (χ1v) is 7.09. The van der Waals surface area contributed by atoms with Crippen LogP contribution in [0.2, 0.25) is 0 Å². The second-order valence-corrected chi connectivity index (χ2v) is 4.97. The van der Waals surface area contributed by atoms with Crippen molar-refractivity contribution in [2.45, 2.75) is 19.9 Å². The Morgan fingerprint density at radius 2 is 2.05 bits per heavy atom. The first kappa shape index (κ1) is 15.9. The number of aromatic nitrogens is 2. The number of carbonyl (C=O) groups is 1. The van der Waals surface area contributed by atoms with E-state index in [2.05, 4.69) is 10.2 Å². The Hall–Kier alpha value is -2.50. The zero-order valence-corrected chi connectivity index (χ0v) is 13.3. The molecule has 0 unspecified atom stereocenters. The van der Waals surface area contributed by atoms with Gasteiger partial charge in [0.15, 0.2) is 0 Å². The van der Waals surface area contributed by atoms with E-state index in [1.807, 2.05) is 19.1 Å². The maximum absolute atomic E-state index is 12.4. The van der Waals surface area contributed by atoms with E-state index in [9.17, 15) is 4.79 Å². The molecule has 0 saturated carbocycles. The highest BCUT2D eigenvalue weighted by atomic mass is 16.5. The third kappa shape index (κ3) is 3.39. The molecular formula is C16H21N3O3. The van der Waals surface area contributed by atoms with Gasteiger partial charge in [-0.05, 0) is 24.6 Å². The molecule has 0 bridgehead atoms. The smallest absolute Gasteiger partial charge is 0.274 e. The van der Waals surface area contributed by atoms with Crippen LogP contribution in [0.4, 0.5) is 0 Å². The van der Waals surface area contributed by atoms with Gasteiger partial charge < -0.3 is 14.4 Å². The molecule has 0 aliphatic heterocycles. The Balaban J connectivity index is 2.14. The quantitative estimate of drug-likeness (QED) is 0.889. The molecule has 6 nitrogen and oxygen atoms in total. The van der Waals surface area contributed by atoms with Crippen molar-refractivity contribution < 1.29 is 14.3 Å². The van der Waals surface area contributed by atoms with E-state index in [0.29, 0.717) is 18.0 Å². The first-order valence-electron chi connectivity index (χ1n) is 7.09. The normalized spacial score (nSPS) is 10.4. The summed E-state index contributed by atoms with van der Waals surface area (Å²) >= 11 is 0. The molecule has 1 heterocycles. The molecule has 1 amide bonds. The molecule has 0 fully saturated rings. The molecule has 22 heavy (non-hydrogen) atoms. The standard InChI is InChI=1S/C16H21N3O3/c1-5-12-8-14(18-17-12)16(20)19(2)10-11-6-7-13(21-3)9-15(11)22-4/h6-9H,5,10H2,1-4H3,(H,17,18). The molecule has 1 aromatic carbocycles. The number of nitrogens with zero attached hydrogens (tertiary/aromatic N) is 2. The van der Waals surface area contributed by atoms with Crippen molar-refractivity contribution in [3.8, 4) is 11.5 Å². The highest BCUT2D eigenvalue weighted by Crippen LogP contribution is 2.25. The second-order valence-electron chi connectivity index (χ2n) is 4.97.